The molecule has 1 fully saturated rings. The van der Waals surface area contributed by atoms with Gasteiger partial charge in [-0.2, -0.15) is 28.4 Å². The van der Waals surface area contributed by atoms with Crippen molar-refractivity contribution >= 4 is 49.1 Å². The highest BCUT2D eigenvalue weighted by atomic mass is 32.1. The van der Waals surface area contributed by atoms with Gasteiger partial charge in [-0.1, -0.05) is 12.1 Å². The largest absolute Gasteiger partial charge is 0.467 e. The SMILES string of the molecule is C/C=C/C(=O)N1CCC(N(C)c2nc(OC)nc3c(F)c(-c4ccc(F)c5sc(N)c(C#N)c45)c(C(F)(F)F)cc23)C1C. The zero-order chi connectivity index (χ0) is 31.4. The number of carbonyl (C=O) groups is 1. The summed E-state index contributed by atoms with van der Waals surface area (Å²) >= 11 is 0.686. The molecule has 1 aliphatic heterocycles. The van der Waals surface area contributed by atoms with E-state index in [-0.39, 0.29) is 61.4 Å². The summed E-state index contributed by atoms with van der Waals surface area (Å²) in [6.07, 6.45) is -1.55. The quantitative estimate of drug-likeness (QED) is 0.208. The van der Waals surface area contributed by atoms with Crippen LogP contribution in [0.4, 0.5) is 32.8 Å². The minimum Gasteiger partial charge on any atom is -0.467 e. The second-order valence-corrected chi connectivity index (χ2v) is 11.1. The van der Waals surface area contributed by atoms with Gasteiger partial charge >= 0.3 is 12.2 Å². The van der Waals surface area contributed by atoms with Crippen LogP contribution in [0.25, 0.3) is 32.1 Å². The van der Waals surface area contributed by atoms with Crippen molar-refractivity contribution < 1.29 is 31.5 Å². The molecule has 2 aromatic heterocycles. The first kappa shape index (κ1) is 30.0. The predicted molar refractivity (Wildman–Crippen MR) is 154 cm³/mol. The number of carbonyl (C=O) groups excluding carboxylic acids is 1. The highest BCUT2D eigenvalue weighted by Crippen LogP contribution is 2.48. The number of nitriles is 1. The van der Waals surface area contributed by atoms with Crippen molar-refractivity contribution in [2.24, 2.45) is 0 Å². The van der Waals surface area contributed by atoms with E-state index in [1.54, 1.807) is 35.9 Å². The summed E-state index contributed by atoms with van der Waals surface area (Å²) in [5.41, 5.74) is 2.52. The van der Waals surface area contributed by atoms with Crippen molar-refractivity contribution in [2.75, 3.05) is 31.3 Å². The number of ether oxygens (including phenoxy) is 1. The van der Waals surface area contributed by atoms with Crippen molar-refractivity contribution in [1.82, 2.24) is 14.9 Å². The van der Waals surface area contributed by atoms with Crippen LogP contribution < -0.4 is 15.4 Å². The van der Waals surface area contributed by atoms with E-state index in [0.717, 1.165) is 18.2 Å². The molecule has 0 bridgehead atoms. The summed E-state index contributed by atoms with van der Waals surface area (Å²) in [7, 11) is 2.84. The molecule has 224 valence electrons. The van der Waals surface area contributed by atoms with Crippen LogP contribution in [-0.4, -0.2) is 53.6 Å². The number of benzene rings is 2. The van der Waals surface area contributed by atoms with Gasteiger partial charge in [0, 0.05) is 36.0 Å². The van der Waals surface area contributed by atoms with E-state index >= 15 is 4.39 Å². The number of nitrogens with zero attached hydrogens (tertiary/aromatic N) is 5. The molecule has 0 aliphatic carbocycles. The molecule has 0 radical (unpaired) electrons. The van der Waals surface area contributed by atoms with Crippen LogP contribution in [-0.2, 0) is 11.0 Å². The predicted octanol–water partition coefficient (Wildman–Crippen LogP) is 6.27. The number of nitrogen functional groups attached to an aromatic ring is 1. The fourth-order valence-corrected chi connectivity index (χ4v) is 6.64. The van der Waals surface area contributed by atoms with Gasteiger partial charge in [0.15, 0.2) is 5.82 Å². The van der Waals surface area contributed by atoms with Crippen molar-refractivity contribution in [3.63, 3.8) is 0 Å². The topological polar surface area (TPSA) is 108 Å². The number of likely N-dealkylation sites (N-methyl/N-ethyl adjacent to an activating group) is 1. The zero-order valence-corrected chi connectivity index (χ0v) is 24.2. The third kappa shape index (κ3) is 4.87. The third-order valence-electron chi connectivity index (χ3n) is 7.72. The molecule has 2 unspecified atom stereocenters. The minimum atomic E-state index is -5.08. The Morgan fingerprint density at radius 2 is 2.02 bits per heavy atom. The molecule has 2 aromatic carbocycles. The number of rotatable bonds is 5. The number of methoxy groups -OCH3 is 1. The minimum absolute atomic E-state index is 0.0308. The molecular weight excluding hydrogens is 591 g/mol. The molecule has 3 heterocycles. The Balaban J connectivity index is 1.79. The van der Waals surface area contributed by atoms with E-state index in [4.69, 9.17) is 10.5 Å². The van der Waals surface area contributed by atoms with Gasteiger partial charge in [0.2, 0.25) is 5.91 Å². The van der Waals surface area contributed by atoms with Gasteiger partial charge in [-0.15, -0.1) is 11.3 Å². The standard InChI is InChI=1S/C29H25F5N6O2S/c1-5-6-20(41)40-10-9-19(13(40)2)39(3)27-15-11-17(29(32,33)34)22(23(31)24(15)37-28(38-27)42-4)14-7-8-18(30)25-21(14)16(12-35)26(36)43-25/h5-8,11,13,19H,9-10,36H2,1-4H3/b6-5+. The van der Waals surface area contributed by atoms with Crippen LogP contribution in [0, 0.1) is 23.0 Å². The Labute approximate surface area is 246 Å². The molecule has 4 aromatic rings. The Morgan fingerprint density at radius 3 is 2.65 bits per heavy atom. The lowest BCUT2D eigenvalue weighted by molar-refractivity contribution is -0.137. The normalized spacial score (nSPS) is 17.3. The van der Waals surface area contributed by atoms with E-state index in [0.29, 0.717) is 24.3 Å². The molecule has 1 saturated heterocycles. The van der Waals surface area contributed by atoms with Gasteiger partial charge < -0.3 is 20.3 Å². The molecule has 8 nitrogen and oxygen atoms in total. The number of fused-ring (bicyclic) bond motifs is 2. The van der Waals surface area contributed by atoms with Crippen molar-refractivity contribution in [3.8, 4) is 23.2 Å². The van der Waals surface area contributed by atoms with Gasteiger partial charge in [-0.05, 0) is 44.0 Å². The molecule has 5 rings (SSSR count). The lowest BCUT2D eigenvalue weighted by Crippen LogP contribution is -2.43. The Hall–Kier alpha value is -4.51. The Bertz CT molecular complexity index is 1850. The summed E-state index contributed by atoms with van der Waals surface area (Å²) in [5, 5.41) is 9.10. The van der Waals surface area contributed by atoms with Crippen LogP contribution in [0.1, 0.15) is 31.4 Å². The number of hydrogen-bond donors (Lipinski definition) is 1. The van der Waals surface area contributed by atoms with E-state index in [1.807, 2.05) is 6.92 Å². The first-order chi connectivity index (χ1) is 20.3. The van der Waals surface area contributed by atoms with Gasteiger partial charge in [0.1, 0.15) is 28.2 Å². The number of halogens is 5. The van der Waals surface area contributed by atoms with Crippen LogP contribution >= 0.6 is 11.3 Å². The lowest BCUT2D eigenvalue weighted by Gasteiger charge is -2.32. The smallest absolute Gasteiger partial charge is 0.417 e. The van der Waals surface area contributed by atoms with Gasteiger partial charge in [0.05, 0.1) is 29.0 Å². The number of anilines is 2. The lowest BCUT2D eigenvalue weighted by atomic mass is 9.92. The molecule has 2 N–H and O–H groups in total. The number of alkyl halides is 3. The third-order valence-corrected chi connectivity index (χ3v) is 8.74. The van der Waals surface area contributed by atoms with E-state index in [9.17, 15) is 27.6 Å². The Morgan fingerprint density at radius 1 is 1.30 bits per heavy atom. The van der Waals surface area contributed by atoms with Gasteiger partial charge in [-0.3, -0.25) is 4.79 Å². The summed E-state index contributed by atoms with van der Waals surface area (Å²) in [6, 6.07) is 3.42. The maximum atomic E-state index is 16.6. The highest BCUT2D eigenvalue weighted by Gasteiger charge is 2.40. The second-order valence-electron chi connectivity index (χ2n) is 10.0. The first-order valence-electron chi connectivity index (χ1n) is 13.1. The van der Waals surface area contributed by atoms with E-state index in [1.165, 1.54) is 13.2 Å². The average molecular weight is 617 g/mol. The Kier molecular flexibility index (Phi) is 7.64. The van der Waals surface area contributed by atoms with Gasteiger partial charge in [0.25, 0.3) is 0 Å². The number of likely N-dealkylation sites (tertiary alicyclic amines) is 1. The zero-order valence-electron chi connectivity index (χ0n) is 23.4. The molecule has 1 aliphatic rings. The van der Waals surface area contributed by atoms with Crippen molar-refractivity contribution in [1.29, 1.82) is 5.26 Å². The number of thiophene rings is 1. The van der Waals surface area contributed by atoms with E-state index < -0.39 is 34.5 Å². The summed E-state index contributed by atoms with van der Waals surface area (Å²) in [4.78, 5) is 24.2. The van der Waals surface area contributed by atoms with Crippen LogP contribution in [0.3, 0.4) is 0 Å². The molecule has 14 heteroatoms. The highest BCUT2D eigenvalue weighted by molar-refractivity contribution is 7.23. The van der Waals surface area contributed by atoms with Crippen molar-refractivity contribution in [2.45, 2.75) is 38.5 Å². The molecule has 43 heavy (non-hydrogen) atoms. The molecule has 0 spiro atoms. The summed E-state index contributed by atoms with van der Waals surface area (Å²) in [5.74, 6) is -2.41. The molecule has 2 atom stereocenters. The second kappa shape index (κ2) is 11.0. The maximum Gasteiger partial charge on any atom is 0.417 e. The molecule has 1 amide bonds. The van der Waals surface area contributed by atoms with Crippen molar-refractivity contribution in [3.05, 3.63) is 53.1 Å². The molecular formula is C29H25F5N6O2S. The maximum absolute atomic E-state index is 16.6. The van der Waals surface area contributed by atoms with Gasteiger partial charge in [-0.25, -0.2) is 8.78 Å². The average Bonchev–Trinajstić information content (AvgIpc) is 3.52. The number of allylic oxidation sites excluding steroid dienone is 1. The first-order valence-corrected chi connectivity index (χ1v) is 13.9. The van der Waals surface area contributed by atoms with Crippen LogP contribution in [0.15, 0.2) is 30.4 Å². The number of nitrogens with two attached hydrogens (primary N) is 1. The fraction of sp³-hybridized carbons (Fsp3) is 0.310. The number of hydrogen-bond acceptors (Lipinski definition) is 8. The summed E-state index contributed by atoms with van der Waals surface area (Å²) in [6.45, 7) is 3.93. The van der Waals surface area contributed by atoms with E-state index in [2.05, 4.69) is 9.97 Å². The number of aromatic nitrogens is 2. The monoisotopic (exact) mass is 616 g/mol. The number of amides is 1. The summed E-state index contributed by atoms with van der Waals surface area (Å²) < 4.78 is 80.4. The van der Waals surface area contributed by atoms with Crippen LogP contribution in [0.2, 0.25) is 0 Å². The fourth-order valence-electron chi connectivity index (χ4n) is 5.69. The molecule has 0 saturated carbocycles. The van der Waals surface area contributed by atoms with Crippen LogP contribution in [0.5, 0.6) is 6.01 Å².